The van der Waals surface area contributed by atoms with E-state index in [1.165, 1.54) is 6.42 Å². The van der Waals surface area contributed by atoms with Gasteiger partial charge in [0.05, 0.1) is 6.07 Å². The van der Waals surface area contributed by atoms with Crippen LogP contribution in [0.15, 0.2) is 18.5 Å². The largest absolute Gasteiger partial charge is 0.338 e. The molecule has 1 N–H and O–H groups in total. The third-order valence-electron chi connectivity index (χ3n) is 3.86. The first-order valence-corrected chi connectivity index (χ1v) is 6.91. The fourth-order valence-electron chi connectivity index (χ4n) is 2.63. The zero-order chi connectivity index (χ0) is 13.7. The van der Waals surface area contributed by atoms with Gasteiger partial charge < -0.3 is 5.32 Å². The van der Waals surface area contributed by atoms with E-state index < -0.39 is 0 Å². The highest BCUT2D eigenvalue weighted by molar-refractivity contribution is 5.80. The van der Waals surface area contributed by atoms with Crippen molar-refractivity contribution >= 4 is 5.91 Å². The molecule has 5 nitrogen and oxygen atoms in total. The Kier molecular flexibility index (Phi) is 4.56. The fourth-order valence-corrected chi connectivity index (χ4v) is 2.63. The summed E-state index contributed by atoms with van der Waals surface area (Å²) in [5, 5.41) is 16.2. The van der Waals surface area contributed by atoms with Crippen molar-refractivity contribution in [2.75, 3.05) is 0 Å². The predicted octanol–water partition coefficient (Wildman–Crippen LogP) is 2.03. The van der Waals surface area contributed by atoms with Gasteiger partial charge in [-0.2, -0.15) is 10.4 Å². The Balaban J connectivity index is 1.94. The Bertz CT molecular complexity index is 443. The van der Waals surface area contributed by atoms with Crippen molar-refractivity contribution in [2.24, 2.45) is 5.92 Å². The van der Waals surface area contributed by atoms with Crippen LogP contribution in [0, 0.1) is 17.2 Å². The first kappa shape index (κ1) is 13.6. The monoisotopic (exact) mass is 260 g/mol. The Morgan fingerprint density at radius 1 is 1.47 bits per heavy atom. The summed E-state index contributed by atoms with van der Waals surface area (Å²) in [6.45, 7) is 1.79. The molecule has 1 amide bonds. The Labute approximate surface area is 113 Å². The second-order valence-electron chi connectivity index (χ2n) is 5.18. The third-order valence-corrected chi connectivity index (χ3v) is 3.86. The van der Waals surface area contributed by atoms with Crippen LogP contribution in [0.25, 0.3) is 0 Å². The Hall–Kier alpha value is -1.83. The first-order chi connectivity index (χ1) is 9.22. The molecular weight excluding hydrogens is 240 g/mol. The standard InChI is InChI=1S/C14H20N4O/c1-11(18-9-5-8-16-18)14(19)17-13(10-15)12-6-3-2-4-7-12/h5,8-9,11-13H,2-4,6-7H2,1H3,(H,17,19). The molecule has 1 aromatic rings. The lowest BCUT2D eigenvalue weighted by Crippen LogP contribution is -2.43. The summed E-state index contributed by atoms with van der Waals surface area (Å²) in [7, 11) is 0. The van der Waals surface area contributed by atoms with Gasteiger partial charge in [0.25, 0.3) is 0 Å². The van der Waals surface area contributed by atoms with Gasteiger partial charge in [0.15, 0.2) is 0 Å². The lowest BCUT2D eigenvalue weighted by molar-refractivity contribution is -0.124. The predicted molar refractivity (Wildman–Crippen MR) is 71.1 cm³/mol. The maximum atomic E-state index is 12.1. The SMILES string of the molecule is CC(C(=O)NC(C#N)C1CCCCC1)n1cccn1. The molecule has 2 unspecified atom stereocenters. The maximum absolute atomic E-state index is 12.1. The summed E-state index contributed by atoms with van der Waals surface area (Å²) in [6, 6.07) is 3.28. The van der Waals surface area contributed by atoms with E-state index in [9.17, 15) is 10.1 Å². The van der Waals surface area contributed by atoms with E-state index in [1.54, 1.807) is 30.1 Å². The van der Waals surface area contributed by atoms with Crippen LogP contribution in [0.4, 0.5) is 0 Å². The summed E-state index contributed by atoms with van der Waals surface area (Å²) in [5.41, 5.74) is 0. The smallest absolute Gasteiger partial charge is 0.245 e. The Morgan fingerprint density at radius 2 is 2.21 bits per heavy atom. The summed E-state index contributed by atoms with van der Waals surface area (Å²) >= 11 is 0. The van der Waals surface area contributed by atoms with Gasteiger partial charge in [0, 0.05) is 12.4 Å². The zero-order valence-electron chi connectivity index (χ0n) is 11.2. The zero-order valence-corrected chi connectivity index (χ0v) is 11.2. The number of aromatic nitrogens is 2. The van der Waals surface area contributed by atoms with E-state index in [4.69, 9.17) is 0 Å². The molecule has 0 radical (unpaired) electrons. The molecule has 1 heterocycles. The number of nitriles is 1. The molecule has 5 heteroatoms. The summed E-state index contributed by atoms with van der Waals surface area (Å²) in [5.74, 6) is 0.161. The van der Waals surface area contributed by atoms with Gasteiger partial charge in [-0.3, -0.25) is 9.48 Å². The number of nitrogens with one attached hydrogen (secondary N) is 1. The van der Waals surface area contributed by atoms with E-state index in [0.717, 1.165) is 25.7 Å². The number of amides is 1. The molecule has 0 aromatic carbocycles. The molecule has 1 saturated carbocycles. The van der Waals surface area contributed by atoms with Gasteiger partial charge in [0.1, 0.15) is 12.1 Å². The second-order valence-corrected chi connectivity index (χ2v) is 5.18. The Morgan fingerprint density at radius 3 is 2.79 bits per heavy atom. The van der Waals surface area contributed by atoms with Crippen LogP contribution in [0.3, 0.4) is 0 Å². The van der Waals surface area contributed by atoms with Gasteiger partial charge in [-0.15, -0.1) is 0 Å². The minimum absolute atomic E-state index is 0.138. The summed E-state index contributed by atoms with van der Waals surface area (Å²) in [6.07, 6.45) is 9.04. The average molecular weight is 260 g/mol. The molecule has 1 aliphatic rings. The van der Waals surface area contributed by atoms with Crippen molar-refractivity contribution in [3.63, 3.8) is 0 Å². The van der Waals surface area contributed by atoms with Gasteiger partial charge in [-0.05, 0) is 31.7 Å². The highest BCUT2D eigenvalue weighted by atomic mass is 16.2. The summed E-state index contributed by atoms with van der Waals surface area (Å²) < 4.78 is 1.60. The normalized spacial score (nSPS) is 19.4. The number of hydrogen-bond donors (Lipinski definition) is 1. The maximum Gasteiger partial charge on any atom is 0.245 e. The van der Waals surface area contributed by atoms with Gasteiger partial charge in [-0.1, -0.05) is 19.3 Å². The fraction of sp³-hybridized carbons (Fsp3) is 0.643. The van der Waals surface area contributed by atoms with Crippen LogP contribution in [0.2, 0.25) is 0 Å². The second kappa shape index (κ2) is 6.37. The molecule has 2 atom stereocenters. The van der Waals surface area contributed by atoms with Crippen LogP contribution < -0.4 is 5.32 Å². The average Bonchev–Trinajstić information content (AvgIpc) is 2.98. The highest BCUT2D eigenvalue weighted by Gasteiger charge is 2.26. The molecular formula is C14H20N4O. The molecule has 102 valence electrons. The van der Waals surface area contributed by atoms with Crippen molar-refractivity contribution in [3.05, 3.63) is 18.5 Å². The van der Waals surface area contributed by atoms with E-state index in [-0.39, 0.29) is 18.0 Å². The van der Waals surface area contributed by atoms with Crippen molar-refractivity contribution in [1.82, 2.24) is 15.1 Å². The highest BCUT2D eigenvalue weighted by Crippen LogP contribution is 2.26. The molecule has 0 spiro atoms. The van der Waals surface area contributed by atoms with Gasteiger partial charge in [0.2, 0.25) is 5.91 Å². The van der Waals surface area contributed by atoms with Crippen LogP contribution >= 0.6 is 0 Å². The molecule has 1 aromatic heterocycles. The molecule has 0 saturated heterocycles. The van der Waals surface area contributed by atoms with E-state index in [2.05, 4.69) is 16.5 Å². The molecule has 1 fully saturated rings. The number of nitrogens with zero attached hydrogens (tertiary/aromatic N) is 3. The van der Waals surface area contributed by atoms with Gasteiger partial charge >= 0.3 is 0 Å². The van der Waals surface area contributed by atoms with E-state index in [1.807, 2.05) is 0 Å². The van der Waals surface area contributed by atoms with Crippen molar-refractivity contribution in [1.29, 1.82) is 5.26 Å². The third kappa shape index (κ3) is 3.34. The number of carbonyl (C=O) groups is 1. The molecule has 19 heavy (non-hydrogen) atoms. The van der Waals surface area contributed by atoms with Crippen LogP contribution in [0.5, 0.6) is 0 Å². The lowest BCUT2D eigenvalue weighted by atomic mass is 9.84. The summed E-state index contributed by atoms with van der Waals surface area (Å²) in [4.78, 5) is 12.1. The quantitative estimate of drug-likeness (QED) is 0.900. The van der Waals surface area contributed by atoms with Crippen molar-refractivity contribution in [2.45, 2.75) is 51.1 Å². The van der Waals surface area contributed by atoms with Crippen LogP contribution in [-0.2, 0) is 4.79 Å². The number of hydrogen-bond acceptors (Lipinski definition) is 3. The van der Waals surface area contributed by atoms with E-state index >= 15 is 0 Å². The van der Waals surface area contributed by atoms with Crippen molar-refractivity contribution < 1.29 is 4.79 Å². The molecule has 0 bridgehead atoms. The minimum Gasteiger partial charge on any atom is -0.338 e. The van der Waals surface area contributed by atoms with Crippen molar-refractivity contribution in [3.8, 4) is 6.07 Å². The van der Waals surface area contributed by atoms with Gasteiger partial charge in [-0.25, -0.2) is 0 Å². The topological polar surface area (TPSA) is 70.7 Å². The molecule has 2 rings (SSSR count). The number of rotatable bonds is 4. The lowest BCUT2D eigenvalue weighted by Gasteiger charge is -2.27. The van der Waals surface area contributed by atoms with Crippen LogP contribution in [0.1, 0.15) is 45.1 Å². The number of carbonyl (C=O) groups excluding carboxylic acids is 1. The molecule has 0 aliphatic heterocycles. The van der Waals surface area contributed by atoms with Crippen LogP contribution in [-0.4, -0.2) is 21.7 Å². The van der Waals surface area contributed by atoms with E-state index in [0.29, 0.717) is 5.92 Å². The first-order valence-electron chi connectivity index (χ1n) is 6.91. The molecule has 1 aliphatic carbocycles. The minimum atomic E-state index is -0.380.